The van der Waals surface area contributed by atoms with Gasteiger partial charge in [0.15, 0.2) is 0 Å². The molecule has 0 saturated carbocycles. The van der Waals surface area contributed by atoms with Crippen LogP contribution in [0.3, 0.4) is 0 Å². The lowest BCUT2D eigenvalue weighted by atomic mass is 10.6. The fraction of sp³-hybridized carbons (Fsp3) is 0.429. The minimum absolute atomic E-state index is 0.0915. The summed E-state index contributed by atoms with van der Waals surface area (Å²) in [5.74, 6) is 0. The number of hydrogen-bond acceptors (Lipinski definition) is 4. The van der Waals surface area contributed by atoms with Gasteiger partial charge in [0.2, 0.25) is 0 Å². The van der Waals surface area contributed by atoms with Crippen LogP contribution in [0.25, 0.3) is 0 Å². The van der Waals surface area contributed by atoms with Crippen LogP contribution in [-0.4, -0.2) is 35.3 Å². The quantitative estimate of drug-likeness (QED) is 0.491. The molecule has 70 valence electrons. The summed E-state index contributed by atoms with van der Waals surface area (Å²) < 4.78 is 24.6. The Morgan fingerprint density at radius 3 is 2.46 bits per heavy atom. The van der Waals surface area contributed by atoms with Gasteiger partial charge in [0.1, 0.15) is 0 Å². The van der Waals surface area contributed by atoms with Crippen LogP contribution in [0.1, 0.15) is 6.92 Å². The summed E-state index contributed by atoms with van der Waals surface area (Å²) in [5, 5.41) is -0.112. The molecule has 0 aliphatic carbocycles. The van der Waals surface area contributed by atoms with Gasteiger partial charge in [-0.1, -0.05) is 0 Å². The summed E-state index contributed by atoms with van der Waals surface area (Å²) in [4.78, 5) is 7.41. The molecular formula is C7H9N3O2S. The van der Waals surface area contributed by atoms with Gasteiger partial charge in [0, 0.05) is 25.0 Å². The second-order valence-electron chi connectivity index (χ2n) is 2.96. The predicted molar refractivity (Wildman–Crippen MR) is 45.4 cm³/mol. The van der Waals surface area contributed by atoms with Crippen LogP contribution in [0.2, 0.25) is 0 Å². The van der Waals surface area contributed by atoms with E-state index in [1.54, 1.807) is 6.07 Å². The zero-order valence-electron chi connectivity index (χ0n) is 7.08. The largest absolute Gasteiger partial charge is 0.279 e. The summed E-state index contributed by atoms with van der Waals surface area (Å²) in [6, 6.07) is 1.68. The lowest BCUT2D eigenvalue weighted by Crippen LogP contribution is -2.16. The third kappa shape index (κ3) is 1.42. The average Bonchev–Trinajstić information content (AvgIpc) is 2.85. The van der Waals surface area contributed by atoms with Gasteiger partial charge in [-0.05, 0) is 13.0 Å². The Morgan fingerprint density at radius 2 is 2.00 bits per heavy atom. The Balaban J connectivity index is 2.36. The Hall–Kier alpha value is -1.01. The molecule has 1 aliphatic rings. The first kappa shape index (κ1) is 8.58. The van der Waals surface area contributed by atoms with Crippen molar-refractivity contribution in [3.05, 3.63) is 18.5 Å². The SMILES string of the molecule is CC1CN1S(=O)(=O)c1ncccn1. The molecule has 0 radical (unpaired) electrons. The first-order chi connectivity index (χ1) is 6.12. The molecule has 0 amide bonds. The molecule has 5 nitrogen and oxygen atoms in total. The molecule has 0 N–H and O–H groups in total. The number of hydrogen-bond donors (Lipinski definition) is 0. The van der Waals surface area contributed by atoms with Crippen molar-refractivity contribution in [2.45, 2.75) is 18.1 Å². The normalized spacial score (nSPS) is 27.2. The lowest BCUT2D eigenvalue weighted by Gasteiger charge is -2.01. The van der Waals surface area contributed by atoms with Gasteiger partial charge in [0.05, 0.1) is 0 Å². The highest BCUT2D eigenvalue weighted by molar-refractivity contribution is 7.89. The van der Waals surface area contributed by atoms with E-state index in [9.17, 15) is 8.42 Å². The van der Waals surface area contributed by atoms with Crippen LogP contribution in [-0.2, 0) is 10.0 Å². The number of aromatic nitrogens is 2. The van der Waals surface area contributed by atoms with Crippen molar-refractivity contribution < 1.29 is 8.42 Å². The van der Waals surface area contributed by atoms with E-state index in [2.05, 4.69) is 9.97 Å². The van der Waals surface area contributed by atoms with Crippen LogP contribution >= 0.6 is 0 Å². The van der Waals surface area contributed by atoms with E-state index in [-0.39, 0.29) is 11.2 Å². The molecule has 1 aromatic heterocycles. The lowest BCUT2D eigenvalue weighted by molar-refractivity contribution is 0.545. The summed E-state index contributed by atoms with van der Waals surface area (Å²) >= 11 is 0. The zero-order chi connectivity index (χ0) is 9.47. The Labute approximate surface area is 76.5 Å². The average molecular weight is 199 g/mol. The van der Waals surface area contributed by atoms with Crippen molar-refractivity contribution in [3.63, 3.8) is 0 Å². The first-order valence-corrected chi connectivity index (χ1v) is 5.35. The maximum atomic E-state index is 11.6. The first-order valence-electron chi connectivity index (χ1n) is 3.91. The van der Waals surface area contributed by atoms with Crippen molar-refractivity contribution in [2.75, 3.05) is 6.54 Å². The van der Waals surface area contributed by atoms with Crippen molar-refractivity contribution in [1.29, 1.82) is 0 Å². The topological polar surface area (TPSA) is 62.9 Å². The fourth-order valence-electron chi connectivity index (χ4n) is 1.07. The van der Waals surface area contributed by atoms with E-state index in [1.807, 2.05) is 6.92 Å². The van der Waals surface area contributed by atoms with E-state index in [4.69, 9.17) is 0 Å². The molecule has 1 fully saturated rings. The monoisotopic (exact) mass is 199 g/mol. The van der Waals surface area contributed by atoms with Crippen molar-refractivity contribution in [3.8, 4) is 0 Å². The number of nitrogens with zero attached hydrogens (tertiary/aromatic N) is 3. The zero-order valence-corrected chi connectivity index (χ0v) is 7.90. The third-order valence-corrected chi connectivity index (χ3v) is 3.68. The molecule has 1 aromatic rings. The molecule has 2 atom stereocenters. The van der Waals surface area contributed by atoms with Crippen molar-refractivity contribution in [1.82, 2.24) is 14.3 Å². The van der Waals surface area contributed by atoms with Crippen LogP contribution in [0.5, 0.6) is 0 Å². The van der Waals surface area contributed by atoms with E-state index in [0.717, 1.165) is 0 Å². The van der Waals surface area contributed by atoms with Gasteiger partial charge in [0.25, 0.3) is 15.2 Å². The summed E-state index contributed by atoms with van der Waals surface area (Å²) in [6.07, 6.45) is 2.85. The van der Waals surface area contributed by atoms with Crippen molar-refractivity contribution in [2.24, 2.45) is 0 Å². The fourth-order valence-corrected chi connectivity index (χ4v) is 2.56. The van der Waals surface area contributed by atoms with Crippen molar-refractivity contribution >= 4 is 10.0 Å². The highest BCUT2D eigenvalue weighted by Crippen LogP contribution is 2.24. The van der Waals surface area contributed by atoms with E-state index in [0.29, 0.717) is 6.54 Å². The number of sulfonamides is 1. The second kappa shape index (κ2) is 2.74. The maximum Gasteiger partial charge on any atom is 0.279 e. The summed E-state index contributed by atoms with van der Waals surface area (Å²) in [7, 11) is -3.40. The molecule has 1 saturated heterocycles. The molecule has 0 aromatic carbocycles. The van der Waals surface area contributed by atoms with Crippen LogP contribution in [0.15, 0.2) is 23.6 Å². The molecule has 2 heterocycles. The van der Waals surface area contributed by atoms with Gasteiger partial charge in [-0.3, -0.25) is 0 Å². The molecule has 0 spiro atoms. The predicted octanol–water partition coefficient (Wildman–Crippen LogP) is -0.131. The van der Waals surface area contributed by atoms with Crippen LogP contribution in [0.4, 0.5) is 0 Å². The Bertz CT molecular complexity index is 403. The molecule has 2 rings (SSSR count). The minimum atomic E-state index is -3.40. The Morgan fingerprint density at radius 1 is 1.46 bits per heavy atom. The summed E-state index contributed by atoms with van der Waals surface area (Å²) in [6.45, 7) is 2.42. The van der Waals surface area contributed by atoms with Crippen LogP contribution < -0.4 is 0 Å². The van der Waals surface area contributed by atoms with Gasteiger partial charge in [-0.2, -0.15) is 4.31 Å². The Kier molecular flexibility index (Phi) is 1.81. The van der Waals surface area contributed by atoms with Gasteiger partial charge >= 0.3 is 0 Å². The number of rotatable bonds is 2. The highest BCUT2D eigenvalue weighted by atomic mass is 32.2. The molecule has 2 unspecified atom stereocenters. The standard InChI is InChI=1S/C7H9N3O2S/c1-6-5-10(6)13(11,12)7-8-3-2-4-9-7/h2-4,6H,5H2,1H3. The molecule has 1 aliphatic heterocycles. The molecular weight excluding hydrogens is 190 g/mol. The van der Waals surface area contributed by atoms with E-state index >= 15 is 0 Å². The van der Waals surface area contributed by atoms with Gasteiger partial charge in [-0.15, -0.1) is 0 Å². The molecule has 13 heavy (non-hydrogen) atoms. The van der Waals surface area contributed by atoms with E-state index in [1.165, 1.54) is 16.7 Å². The van der Waals surface area contributed by atoms with Gasteiger partial charge < -0.3 is 0 Å². The van der Waals surface area contributed by atoms with E-state index < -0.39 is 10.0 Å². The molecule has 0 bridgehead atoms. The van der Waals surface area contributed by atoms with Gasteiger partial charge in [-0.25, -0.2) is 18.4 Å². The van der Waals surface area contributed by atoms with Crippen LogP contribution in [0, 0.1) is 0 Å². The highest BCUT2D eigenvalue weighted by Gasteiger charge is 2.42. The molecule has 6 heteroatoms. The third-order valence-electron chi connectivity index (χ3n) is 1.88. The second-order valence-corrected chi connectivity index (χ2v) is 4.74. The summed E-state index contributed by atoms with van der Waals surface area (Å²) in [5.41, 5.74) is 0. The minimum Gasteiger partial charge on any atom is -0.226 e. The smallest absolute Gasteiger partial charge is 0.226 e. The maximum absolute atomic E-state index is 11.6.